The van der Waals surface area contributed by atoms with Crippen LogP contribution in [0.15, 0.2) is 46.9 Å². The summed E-state index contributed by atoms with van der Waals surface area (Å²) in [6.07, 6.45) is 0. The number of nitrogens with zero attached hydrogens (tertiary/aromatic N) is 2. The highest BCUT2D eigenvalue weighted by molar-refractivity contribution is 9.10. The van der Waals surface area contributed by atoms with Gasteiger partial charge in [0, 0.05) is 11.8 Å². The van der Waals surface area contributed by atoms with Crippen molar-refractivity contribution in [3.8, 4) is 5.69 Å². The van der Waals surface area contributed by atoms with Gasteiger partial charge < -0.3 is 0 Å². The van der Waals surface area contributed by atoms with Crippen LogP contribution in [0.4, 0.5) is 4.39 Å². The van der Waals surface area contributed by atoms with E-state index in [2.05, 4.69) is 20.9 Å². The van der Waals surface area contributed by atoms with Crippen molar-refractivity contribution in [2.45, 2.75) is 5.88 Å². The Kier molecular flexibility index (Phi) is 3.29. The van der Waals surface area contributed by atoms with E-state index in [1.54, 1.807) is 6.07 Å². The fourth-order valence-corrected chi connectivity index (χ4v) is 2.59. The van der Waals surface area contributed by atoms with Crippen LogP contribution in [0.25, 0.3) is 16.7 Å². The Labute approximate surface area is 123 Å². The third-order valence-electron chi connectivity index (χ3n) is 2.90. The molecule has 0 spiro atoms. The number of hydrogen-bond acceptors (Lipinski definition) is 1. The van der Waals surface area contributed by atoms with Crippen LogP contribution in [0.2, 0.25) is 0 Å². The van der Waals surface area contributed by atoms with Gasteiger partial charge in [-0.25, -0.2) is 9.37 Å². The molecule has 0 aliphatic heterocycles. The van der Waals surface area contributed by atoms with Crippen LogP contribution in [0.5, 0.6) is 0 Å². The molecule has 0 N–H and O–H groups in total. The quantitative estimate of drug-likeness (QED) is 0.621. The lowest BCUT2D eigenvalue weighted by Gasteiger charge is -2.07. The lowest BCUT2D eigenvalue weighted by atomic mass is 10.2. The molecule has 0 saturated heterocycles. The molecule has 0 fully saturated rings. The second kappa shape index (κ2) is 4.94. The number of alkyl halides is 1. The molecule has 0 atom stereocenters. The van der Waals surface area contributed by atoms with Crippen molar-refractivity contribution in [2.24, 2.45) is 0 Å². The summed E-state index contributed by atoms with van der Waals surface area (Å²) in [5, 5.41) is 0. The summed E-state index contributed by atoms with van der Waals surface area (Å²) in [6.45, 7) is 0. The maximum absolute atomic E-state index is 13.6. The van der Waals surface area contributed by atoms with Gasteiger partial charge in [0.05, 0.1) is 21.4 Å². The summed E-state index contributed by atoms with van der Waals surface area (Å²) in [5.74, 6) is 0.634. The standard InChI is InChI=1S/C14H9BrClFN2/c15-10-6-13-12(7-11(10)17)18-14(8-16)19(13)9-4-2-1-3-5-9/h1-7H,8H2. The highest BCUT2D eigenvalue weighted by atomic mass is 79.9. The van der Waals surface area contributed by atoms with Gasteiger partial charge in [0.1, 0.15) is 11.6 Å². The molecule has 0 saturated carbocycles. The van der Waals surface area contributed by atoms with Gasteiger partial charge in [-0.05, 0) is 34.1 Å². The van der Waals surface area contributed by atoms with Crippen molar-refractivity contribution >= 4 is 38.6 Å². The molecule has 0 unspecified atom stereocenters. The minimum Gasteiger partial charge on any atom is -0.295 e. The lowest BCUT2D eigenvalue weighted by Crippen LogP contribution is -1.98. The van der Waals surface area contributed by atoms with Gasteiger partial charge in [-0.1, -0.05) is 18.2 Å². The summed E-state index contributed by atoms with van der Waals surface area (Å²) in [6, 6.07) is 12.9. The van der Waals surface area contributed by atoms with Gasteiger partial charge in [-0.3, -0.25) is 4.57 Å². The van der Waals surface area contributed by atoms with E-state index in [1.807, 2.05) is 34.9 Å². The molecule has 0 aliphatic carbocycles. The third kappa shape index (κ3) is 2.15. The molecule has 1 heterocycles. The van der Waals surface area contributed by atoms with Crippen LogP contribution in [0.3, 0.4) is 0 Å². The van der Waals surface area contributed by atoms with E-state index in [9.17, 15) is 4.39 Å². The van der Waals surface area contributed by atoms with Gasteiger partial charge in [0.25, 0.3) is 0 Å². The Morgan fingerprint density at radius 3 is 2.63 bits per heavy atom. The smallest absolute Gasteiger partial charge is 0.139 e. The number of aromatic nitrogens is 2. The zero-order chi connectivity index (χ0) is 13.4. The molecule has 1 aromatic heterocycles. The molecular formula is C14H9BrClFN2. The van der Waals surface area contributed by atoms with E-state index in [0.717, 1.165) is 11.2 Å². The molecule has 96 valence electrons. The van der Waals surface area contributed by atoms with E-state index < -0.39 is 0 Å². The number of rotatable bonds is 2. The summed E-state index contributed by atoms with van der Waals surface area (Å²) in [7, 11) is 0. The van der Waals surface area contributed by atoms with Crippen LogP contribution < -0.4 is 0 Å². The van der Waals surface area contributed by atoms with E-state index in [-0.39, 0.29) is 11.7 Å². The average molecular weight is 340 g/mol. The predicted molar refractivity (Wildman–Crippen MR) is 78.3 cm³/mol. The number of benzene rings is 2. The summed E-state index contributed by atoms with van der Waals surface area (Å²) < 4.78 is 15.9. The van der Waals surface area contributed by atoms with E-state index in [0.29, 0.717) is 15.8 Å². The lowest BCUT2D eigenvalue weighted by molar-refractivity contribution is 0.623. The SMILES string of the molecule is Fc1cc2nc(CCl)n(-c3ccccc3)c2cc1Br. The molecule has 2 aromatic carbocycles. The molecule has 2 nitrogen and oxygen atoms in total. The van der Waals surface area contributed by atoms with Crippen molar-refractivity contribution in [2.75, 3.05) is 0 Å². The second-order valence-corrected chi connectivity index (χ2v) is 5.21. The molecule has 19 heavy (non-hydrogen) atoms. The number of fused-ring (bicyclic) bond motifs is 1. The summed E-state index contributed by atoms with van der Waals surface area (Å²) >= 11 is 9.15. The van der Waals surface area contributed by atoms with Gasteiger partial charge >= 0.3 is 0 Å². The second-order valence-electron chi connectivity index (χ2n) is 4.09. The first kappa shape index (κ1) is 12.6. The highest BCUT2D eigenvalue weighted by Crippen LogP contribution is 2.27. The van der Waals surface area contributed by atoms with Crippen molar-refractivity contribution in [1.82, 2.24) is 9.55 Å². The minimum absolute atomic E-state index is 0.267. The molecule has 3 rings (SSSR count). The number of halogens is 3. The van der Waals surface area contributed by atoms with Crippen LogP contribution in [0, 0.1) is 5.82 Å². The fraction of sp³-hybridized carbons (Fsp3) is 0.0714. The largest absolute Gasteiger partial charge is 0.295 e. The minimum atomic E-state index is -0.327. The van der Waals surface area contributed by atoms with Crippen molar-refractivity contribution in [3.63, 3.8) is 0 Å². The number of para-hydroxylation sites is 1. The molecule has 0 aliphatic rings. The number of imidazole rings is 1. The topological polar surface area (TPSA) is 17.8 Å². The van der Waals surface area contributed by atoms with Crippen molar-refractivity contribution in [3.05, 3.63) is 58.6 Å². The van der Waals surface area contributed by atoms with Gasteiger partial charge in [-0.2, -0.15) is 0 Å². The van der Waals surface area contributed by atoms with Crippen molar-refractivity contribution in [1.29, 1.82) is 0 Å². The molecular weight excluding hydrogens is 331 g/mol. The predicted octanol–water partition coefficient (Wildman–Crippen LogP) is 4.67. The Morgan fingerprint density at radius 2 is 1.95 bits per heavy atom. The van der Waals surface area contributed by atoms with E-state index in [4.69, 9.17) is 11.6 Å². The average Bonchev–Trinajstić information content (AvgIpc) is 2.78. The molecule has 0 radical (unpaired) electrons. The highest BCUT2D eigenvalue weighted by Gasteiger charge is 2.13. The van der Waals surface area contributed by atoms with Crippen LogP contribution >= 0.6 is 27.5 Å². The third-order valence-corrected chi connectivity index (χ3v) is 3.75. The normalized spacial score (nSPS) is 11.1. The Morgan fingerprint density at radius 1 is 1.21 bits per heavy atom. The van der Waals surface area contributed by atoms with Crippen molar-refractivity contribution < 1.29 is 4.39 Å². The van der Waals surface area contributed by atoms with Gasteiger partial charge in [0.15, 0.2) is 0 Å². The first-order chi connectivity index (χ1) is 9.20. The first-order valence-corrected chi connectivity index (χ1v) is 7.01. The van der Waals surface area contributed by atoms with Crippen LogP contribution in [-0.2, 0) is 5.88 Å². The molecule has 0 bridgehead atoms. The zero-order valence-corrected chi connectivity index (χ0v) is 12.1. The summed E-state index contributed by atoms with van der Waals surface area (Å²) in [5.41, 5.74) is 2.38. The monoisotopic (exact) mass is 338 g/mol. The number of hydrogen-bond donors (Lipinski definition) is 0. The maximum atomic E-state index is 13.6. The van der Waals surface area contributed by atoms with Crippen LogP contribution in [-0.4, -0.2) is 9.55 Å². The Balaban J connectivity index is 2.36. The first-order valence-electron chi connectivity index (χ1n) is 5.68. The molecule has 5 heteroatoms. The van der Waals surface area contributed by atoms with Gasteiger partial charge in [0.2, 0.25) is 0 Å². The van der Waals surface area contributed by atoms with E-state index >= 15 is 0 Å². The molecule has 0 amide bonds. The van der Waals surface area contributed by atoms with Crippen LogP contribution in [0.1, 0.15) is 5.82 Å². The fourth-order valence-electron chi connectivity index (χ4n) is 2.08. The molecule has 3 aromatic rings. The zero-order valence-electron chi connectivity index (χ0n) is 9.78. The Hall–Kier alpha value is -1.39. The Bertz CT molecular complexity index is 740. The van der Waals surface area contributed by atoms with Gasteiger partial charge in [-0.15, -0.1) is 11.6 Å². The summed E-state index contributed by atoms with van der Waals surface area (Å²) in [4.78, 5) is 4.38. The maximum Gasteiger partial charge on any atom is 0.139 e. The van der Waals surface area contributed by atoms with E-state index in [1.165, 1.54) is 6.07 Å².